The number of hydrogen-bond acceptors (Lipinski definition) is 5. The summed E-state index contributed by atoms with van der Waals surface area (Å²) in [5, 5.41) is 11.2. The number of carbonyl (C=O) groups is 2. The van der Waals surface area contributed by atoms with E-state index in [1.165, 1.54) is 5.57 Å². The number of aliphatic carboxylic acids is 1. The third-order valence-corrected chi connectivity index (χ3v) is 28.5. The molecule has 0 radical (unpaired) electrons. The van der Waals surface area contributed by atoms with Crippen LogP contribution in [0.5, 0.6) is 0 Å². The molecule has 0 aromatic carbocycles. The Bertz CT molecular complexity index is 1270. The number of carboxylic acid groups (broad SMARTS) is 1. The molecule has 0 heterocycles. The van der Waals surface area contributed by atoms with Crippen LogP contribution in [0, 0.1) is 34.0 Å². The molecule has 0 unspecified atom stereocenters. The lowest BCUT2D eigenvalue weighted by molar-refractivity contribution is -0.213. The first-order valence-corrected chi connectivity index (χ1v) is 27.1. The number of carboxylic acids is 1. The molecule has 0 aromatic rings. The summed E-state index contributed by atoms with van der Waals surface area (Å²) in [7, 11) is -7.05. The van der Waals surface area contributed by atoms with Gasteiger partial charge in [0.25, 0.3) is 8.32 Å². The molecule has 4 saturated carbocycles. The summed E-state index contributed by atoms with van der Waals surface area (Å²) in [5.74, 6) is -1.24. The van der Waals surface area contributed by atoms with E-state index in [1.54, 1.807) is 0 Å². The van der Waals surface area contributed by atoms with Crippen molar-refractivity contribution in [3.8, 4) is 0 Å². The van der Waals surface area contributed by atoms with Crippen molar-refractivity contribution in [1.82, 2.24) is 0 Å². The van der Waals surface area contributed by atoms with E-state index in [4.69, 9.17) is 19.9 Å². The van der Waals surface area contributed by atoms with Gasteiger partial charge in [0.2, 0.25) is 0 Å². The Morgan fingerprint density at radius 2 is 1.26 bits per heavy atom. The third-order valence-electron chi connectivity index (χ3n) is 15.2. The SMILES string of the molecule is C=C1[C@@H]2CC[C@H]3[C@]4(C)C[C@H](O[Si](C)(C)C(C)(C)C)C[C@@](C(=O)O)(C(=O)O[Si](C)(C)C(C)(C)C)[C@H]4CC[C@]3(C2)[C@H]1O[Si](C)(C)C(C)(C)C. The highest BCUT2D eigenvalue weighted by molar-refractivity contribution is 6.75. The molecule has 270 valence electrons. The third kappa shape index (κ3) is 6.16. The lowest BCUT2D eigenvalue weighted by Gasteiger charge is -2.65. The molecule has 6 nitrogen and oxygen atoms in total. The van der Waals surface area contributed by atoms with Crippen molar-refractivity contribution < 1.29 is 28.0 Å². The average Bonchev–Trinajstić information content (AvgIpc) is 3.04. The molecular weight excluding hydrogens is 637 g/mol. The minimum Gasteiger partial charge on any atom is -0.518 e. The first-order valence-electron chi connectivity index (χ1n) is 18.4. The van der Waals surface area contributed by atoms with Crippen molar-refractivity contribution in [3.05, 3.63) is 12.2 Å². The zero-order chi connectivity index (χ0) is 36.2. The lowest BCUT2D eigenvalue weighted by atomic mass is 9.40. The molecular formula is C38H70O6Si3. The highest BCUT2D eigenvalue weighted by Crippen LogP contribution is 2.73. The fourth-order valence-corrected chi connectivity index (χ4v) is 13.1. The van der Waals surface area contributed by atoms with Crippen LogP contribution in [-0.2, 0) is 22.9 Å². The Morgan fingerprint density at radius 1 is 0.745 bits per heavy atom. The zero-order valence-corrected chi connectivity index (χ0v) is 36.0. The van der Waals surface area contributed by atoms with Gasteiger partial charge in [0.15, 0.2) is 22.0 Å². The maximum absolute atomic E-state index is 14.8. The average molecular weight is 707 g/mol. The van der Waals surface area contributed by atoms with Crippen LogP contribution in [0.4, 0.5) is 0 Å². The summed E-state index contributed by atoms with van der Waals surface area (Å²) in [4.78, 5) is 28.7. The van der Waals surface area contributed by atoms with E-state index >= 15 is 0 Å². The topological polar surface area (TPSA) is 82.1 Å². The maximum atomic E-state index is 14.8. The second kappa shape index (κ2) is 11.6. The zero-order valence-electron chi connectivity index (χ0n) is 33.0. The minimum atomic E-state index is -2.61. The van der Waals surface area contributed by atoms with Crippen LogP contribution in [0.15, 0.2) is 12.2 Å². The summed E-state index contributed by atoms with van der Waals surface area (Å²) < 4.78 is 21.1. The molecule has 8 atom stereocenters. The summed E-state index contributed by atoms with van der Waals surface area (Å²) in [6.07, 6.45) is 5.24. The van der Waals surface area contributed by atoms with E-state index in [1.807, 2.05) is 0 Å². The summed E-state index contributed by atoms with van der Waals surface area (Å²) in [6.45, 7) is 40.2. The van der Waals surface area contributed by atoms with E-state index in [0.717, 1.165) is 32.1 Å². The van der Waals surface area contributed by atoms with Gasteiger partial charge in [-0.15, -0.1) is 0 Å². The second-order valence-electron chi connectivity index (χ2n) is 21.0. The quantitative estimate of drug-likeness (QED) is 0.161. The van der Waals surface area contributed by atoms with Crippen LogP contribution in [0.2, 0.25) is 54.4 Å². The number of fused-ring (bicyclic) bond motifs is 3. The van der Waals surface area contributed by atoms with Crippen LogP contribution in [0.3, 0.4) is 0 Å². The maximum Gasteiger partial charge on any atom is 0.321 e. The Morgan fingerprint density at radius 3 is 1.74 bits per heavy atom. The molecule has 0 amide bonds. The highest BCUT2D eigenvalue weighted by Gasteiger charge is 2.73. The van der Waals surface area contributed by atoms with Crippen LogP contribution in [-0.4, -0.2) is 54.2 Å². The van der Waals surface area contributed by atoms with Gasteiger partial charge in [-0.2, -0.15) is 0 Å². The van der Waals surface area contributed by atoms with Gasteiger partial charge in [-0.3, -0.25) is 9.59 Å². The van der Waals surface area contributed by atoms with Crippen molar-refractivity contribution in [3.63, 3.8) is 0 Å². The monoisotopic (exact) mass is 706 g/mol. The molecule has 47 heavy (non-hydrogen) atoms. The van der Waals surface area contributed by atoms with Gasteiger partial charge in [-0.1, -0.05) is 75.8 Å². The first kappa shape index (κ1) is 39.0. The smallest absolute Gasteiger partial charge is 0.321 e. The molecule has 4 aliphatic rings. The van der Waals surface area contributed by atoms with E-state index in [9.17, 15) is 14.7 Å². The molecule has 0 aromatic heterocycles. The normalized spacial score (nSPS) is 36.9. The van der Waals surface area contributed by atoms with Crippen molar-refractivity contribution in [2.24, 2.45) is 34.0 Å². The fourth-order valence-electron chi connectivity index (χ4n) is 9.45. The molecule has 2 bridgehead atoms. The largest absolute Gasteiger partial charge is 0.518 e. The minimum absolute atomic E-state index is 0.0289. The van der Waals surface area contributed by atoms with Gasteiger partial charge in [0.1, 0.15) is 0 Å². The first-order chi connectivity index (χ1) is 20.9. The number of carbonyl (C=O) groups excluding carboxylic acids is 1. The van der Waals surface area contributed by atoms with Crippen molar-refractivity contribution >= 4 is 36.9 Å². The van der Waals surface area contributed by atoms with Gasteiger partial charge in [0, 0.05) is 11.5 Å². The van der Waals surface area contributed by atoms with Gasteiger partial charge in [-0.05, 0) is 128 Å². The number of hydrogen-bond donors (Lipinski definition) is 1. The van der Waals surface area contributed by atoms with E-state index < -0.39 is 47.7 Å². The predicted molar refractivity (Wildman–Crippen MR) is 200 cm³/mol. The van der Waals surface area contributed by atoms with E-state index in [2.05, 4.69) is 109 Å². The Kier molecular flexibility index (Phi) is 9.67. The lowest BCUT2D eigenvalue weighted by Crippen LogP contribution is -2.67. The van der Waals surface area contributed by atoms with Crippen molar-refractivity contribution in [2.45, 2.75) is 181 Å². The second-order valence-corrected chi connectivity index (χ2v) is 35.3. The van der Waals surface area contributed by atoms with Gasteiger partial charge >= 0.3 is 11.9 Å². The van der Waals surface area contributed by atoms with Crippen LogP contribution >= 0.6 is 0 Å². The summed E-state index contributed by atoms with van der Waals surface area (Å²) in [5.41, 5.74) is -0.933. The molecule has 9 heteroatoms. The molecule has 1 spiro atoms. The van der Waals surface area contributed by atoms with Crippen LogP contribution < -0.4 is 0 Å². The Labute approximate surface area is 291 Å². The molecule has 1 N–H and O–H groups in total. The standard InChI is InChI=1S/C38H70O6Si3/c1-25-26-18-19-28-36(11)23-27(42-45(12,13)33(2,3)4)24-38(31(39)40,32(41)44-47(16,17)35(8,9)10)29(36)20-21-37(28,22-26)30(25)43-46(14,15)34(5,6)7/h26-30H,1,18-24H2,2-17H3,(H,39,40)/t26-,27+,28+,29+,30+,36+,37-,38-/m1/s1. The van der Waals surface area contributed by atoms with Crippen LogP contribution in [0.25, 0.3) is 0 Å². The van der Waals surface area contributed by atoms with Gasteiger partial charge in [0.05, 0.1) is 6.10 Å². The molecule has 0 saturated heterocycles. The predicted octanol–water partition coefficient (Wildman–Crippen LogP) is 10.6. The Balaban J connectivity index is 1.89. The van der Waals surface area contributed by atoms with Crippen LogP contribution in [0.1, 0.15) is 114 Å². The van der Waals surface area contributed by atoms with Crippen molar-refractivity contribution in [1.29, 1.82) is 0 Å². The summed E-state index contributed by atoms with van der Waals surface area (Å²) in [6, 6.07) is 0. The molecule has 4 aliphatic carbocycles. The van der Waals surface area contributed by atoms with Gasteiger partial charge in [-0.25, -0.2) is 0 Å². The van der Waals surface area contributed by atoms with E-state index in [0.29, 0.717) is 12.3 Å². The molecule has 4 rings (SSSR count). The number of rotatable bonds is 7. The summed E-state index contributed by atoms with van der Waals surface area (Å²) >= 11 is 0. The molecule has 4 fully saturated rings. The van der Waals surface area contributed by atoms with Crippen molar-refractivity contribution in [2.75, 3.05) is 0 Å². The fraction of sp³-hybridized carbons (Fsp3) is 0.895. The molecule has 0 aliphatic heterocycles. The highest BCUT2D eigenvalue weighted by atomic mass is 28.4. The van der Waals surface area contributed by atoms with E-state index in [-0.39, 0.29) is 51.0 Å². The van der Waals surface area contributed by atoms with Gasteiger partial charge < -0.3 is 18.4 Å². The Hall–Kier alpha value is -0.749.